The number of benzene rings is 2. The van der Waals surface area contributed by atoms with E-state index in [1.807, 2.05) is 0 Å². The minimum absolute atomic E-state index is 0.334. The van der Waals surface area contributed by atoms with E-state index in [-0.39, 0.29) is 5.91 Å². The Labute approximate surface area is 154 Å². The molecule has 0 heterocycles. The molecule has 0 aliphatic rings. The summed E-state index contributed by atoms with van der Waals surface area (Å²) in [5, 5.41) is 2.80. The minimum Gasteiger partial charge on any atom is -0.494 e. The molecule has 0 fully saturated rings. The molecule has 0 radical (unpaired) electrons. The molecular formula is C17H19BrN2O5. The van der Waals surface area contributed by atoms with E-state index in [0.717, 1.165) is 0 Å². The van der Waals surface area contributed by atoms with Gasteiger partial charge in [0.1, 0.15) is 5.75 Å². The summed E-state index contributed by atoms with van der Waals surface area (Å²) in [4.78, 5) is 12.7. The molecule has 0 bridgehead atoms. The van der Waals surface area contributed by atoms with Crippen molar-refractivity contribution in [1.29, 1.82) is 0 Å². The summed E-state index contributed by atoms with van der Waals surface area (Å²) in [5.74, 6) is 1.24. The van der Waals surface area contributed by atoms with E-state index in [1.165, 1.54) is 28.4 Å². The van der Waals surface area contributed by atoms with Crippen LogP contribution in [0.5, 0.6) is 23.0 Å². The van der Waals surface area contributed by atoms with E-state index in [2.05, 4.69) is 21.2 Å². The lowest BCUT2D eigenvalue weighted by Crippen LogP contribution is -2.14. The maximum absolute atomic E-state index is 12.7. The van der Waals surface area contributed by atoms with Crippen molar-refractivity contribution >= 4 is 33.2 Å². The van der Waals surface area contributed by atoms with Gasteiger partial charge < -0.3 is 30.0 Å². The van der Waals surface area contributed by atoms with Gasteiger partial charge in [-0.3, -0.25) is 4.79 Å². The summed E-state index contributed by atoms with van der Waals surface area (Å²) in [7, 11) is 5.96. The topological polar surface area (TPSA) is 92.0 Å². The number of amides is 1. The summed E-state index contributed by atoms with van der Waals surface area (Å²) < 4.78 is 21.7. The highest BCUT2D eigenvalue weighted by Crippen LogP contribution is 2.39. The van der Waals surface area contributed by atoms with Crippen LogP contribution in [0, 0.1) is 0 Å². The van der Waals surface area contributed by atoms with Gasteiger partial charge >= 0.3 is 0 Å². The van der Waals surface area contributed by atoms with Gasteiger partial charge in [-0.25, -0.2) is 0 Å². The van der Waals surface area contributed by atoms with Gasteiger partial charge in [-0.2, -0.15) is 0 Å². The van der Waals surface area contributed by atoms with Crippen molar-refractivity contribution in [1.82, 2.24) is 0 Å². The number of hydrogen-bond donors (Lipinski definition) is 2. The fourth-order valence-corrected chi connectivity index (χ4v) is 2.84. The average molecular weight is 411 g/mol. The standard InChI is InChI=1S/C17H19BrN2O5/c1-22-12-8-10(19)7-11(18)15(12)20-17(21)9-5-13(23-2)16(25-4)14(6-9)24-3/h5-8H,19H2,1-4H3,(H,20,21). The molecule has 2 aromatic carbocycles. The molecule has 0 saturated carbocycles. The van der Waals surface area contributed by atoms with Crippen molar-refractivity contribution < 1.29 is 23.7 Å². The van der Waals surface area contributed by atoms with E-state index in [4.69, 9.17) is 24.7 Å². The number of rotatable bonds is 6. The number of ether oxygens (including phenoxy) is 4. The smallest absolute Gasteiger partial charge is 0.256 e. The van der Waals surface area contributed by atoms with Crippen molar-refractivity contribution in [2.24, 2.45) is 0 Å². The molecule has 7 nitrogen and oxygen atoms in total. The van der Waals surface area contributed by atoms with Crippen LogP contribution in [0.3, 0.4) is 0 Å². The van der Waals surface area contributed by atoms with Crippen molar-refractivity contribution in [2.45, 2.75) is 0 Å². The van der Waals surface area contributed by atoms with Gasteiger partial charge in [-0.05, 0) is 34.1 Å². The van der Waals surface area contributed by atoms with Crippen LogP contribution < -0.4 is 30.0 Å². The number of halogens is 1. The summed E-state index contributed by atoms with van der Waals surface area (Å²) >= 11 is 3.37. The Morgan fingerprint density at radius 2 is 1.48 bits per heavy atom. The lowest BCUT2D eigenvalue weighted by atomic mass is 10.1. The van der Waals surface area contributed by atoms with Crippen LogP contribution in [-0.4, -0.2) is 34.3 Å². The monoisotopic (exact) mass is 410 g/mol. The first-order valence-electron chi connectivity index (χ1n) is 7.19. The van der Waals surface area contributed by atoms with Crippen LogP contribution in [0.2, 0.25) is 0 Å². The number of methoxy groups -OCH3 is 4. The lowest BCUT2D eigenvalue weighted by molar-refractivity contribution is 0.102. The highest BCUT2D eigenvalue weighted by atomic mass is 79.9. The van der Waals surface area contributed by atoms with Crippen molar-refractivity contribution in [3.8, 4) is 23.0 Å². The van der Waals surface area contributed by atoms with Crippen LogP contribution in [-0.2, 0) is 0 Å². The summed E-state index contributed by atoms with van der Waals surface area (Å²) in [6.07, 6.45) is 0. The van der Waals surface area contributed by atoms with Gasteiger partial charge in [-0.15, -0.1) is 0 Å². The molecule has 8 heteroatoms. The second-order valence-corrected chi connectivity index (χ2v) is 5.80. The van der Waals surface area contributed by atoms with E-state index in [1.54, 1.807) is 24.3 Å². The Morgan fingerprint density at radius 3 is 1.96 bits per heavy atom. The minimum atomic E-state index is -0.372. The maximum Gasteiger partial charge on any atom is 0.256 e. The van der Waals surface area contributed by atoms with Crippen LogP contribution in [0.15, 0.2) is 28.7 Å². The largest absolute Gasteiger partial charge is 0.494 e. The van der Waals surface area contributed by atoms with Gasteiger partial charge in [0.15, 0.2) is 11.5 Å². The molecule has 0 atom stereocenters. The van der Waals surface area contributed by atoms with Crippen LogP contribution >= 0.6 is 15.9 Å². The second kappa shape index (κ2) is 7.98. The Bertz CT molecular complexity index is 770. The van der Waals surface area contributed by atoms with Gasteiger partial charge in [0.2, 0.25) is 5.75 Å². The highest BCUT2D eigenvalue weighted by molar-refractivity contribution is 9.10. The Balaban J connectivity index is 2.43. The SMILES string of the molecule is COc1cc(N)cc(Br)c1NC(=O)c1cc(OC)c(OC)c(OC)c1. The average Bonchev–Trinajstić information content (AvgIpc) is 2.61. The molecule has 0 aromatic heterocycles. The molecule has 0 aliphatic carbocycles. The quantitative estimate of drug-likeness (QED) is 0.709. The number of nitrogens with two attached hydrogens (primary N) is 1. The van der Waals surface area contributed by atoms with E-state index in [9.17, 15) is 4.79 Å². The molecule has 2 aromatic rings. The normalized spacial score (nSPS) is 10.1. The number of hydrogen-bond acceptors (Lipinski definition) is 6. The van der Waals surface area contributed by atoms with Crippen molar-refractivity contribution in [3.05, 3.63) is 34.3 Å². The van der Waals surface area contributed by atoms with Crippen LogP contribution in [0.1, 0.15) is 10.4 Å². The third kappa shape index (κ3) is 3.90. The number of carbonyl (C=O) groups excluding carboxylic acids is 1. The third-order valence-electron chi connectivity index (χ3n) is 3.46. The lowest BCUT2D eigenvalue weighted by Gasteiger charge is -2.16. The Hall–Kier alpha value is -2.61. The maximum atomic E-state index is 12.7. The Kier molecular flexibility index (Phi) is 5.97. The summed E-state index contributed by atoms with van der Waals surface area (Å²) in [6, 6.07) is 6.42. The molecule has 0 unspecified atom stereocenters. The predicted molar refractivity (Wildman–Crippen MR) is 99.2 cm³/mol. The van der Waals surface area contributed by atoms with E-state index >= 15 is 0 Å². The fraction of sp³-hybridized carbons (Fsp3) is 0.235. The first-order valence-corrected chi connectivity index (χ1v) is 7.98. The molecule has 0 aliphatic heterocycles. The summed E-state index contributed by atoms with van der Waals surface area (Å²) in [5.41, 5.74) is 7.09. The van der Waals surface area contributed by atoms with Gasteiger partial charge in [0.05, 0.1) is 34.1 Å². The summed E-state index contributed by atoms with van der Waals surface area (Å²) in [6.45, 7) is 0. The van der Waals surface area contributed by atoms with Gasteiger partial charge in [-0.1, -0.05) is 0 Å². The first kappa shape index (κ1) is 18.7. The Morgan fingerprint density at radius 1 is 0.920 bits per heavy atom. The molecule has 25 heavy (non-hydrogen) atoms. The predicted octanol–water partition coefficient (Wildman–Crippen LogP) is 3.32. The third-order valence-corrected chi connectivity index (χ3v) is 4.09. The van der Waals surface area contributed by atoms with E-state index < -0.39 is 0 Å². The fourth-order valence-electron chi connectivity index (χ4n) is 2.28. The van der Waals surface area contributed by atoms with Crippen molar-refractivity contribution in [2.75, 3.05) is 39.5 Å². The first-order chi connectivity index (χ1) is 11.9. The molecular weight excluding hydrogens is 392 g/mol. The zero-order valence-electron chi connectivity index (χ0n) is 14.3. The molecule has 3 N–H and O–H groups in total. The number of anilines is 2. The molecule has 1 amide bonds. The molecule has 2 rings (SSSR count). The van der Waals surface area contributed by atoms with Gasteiger partial charge in [0.25, 0.3) is 5.91 Å². The van der Waals surface area contributed by atoms with Crippen LogP contribution in [0.25, 0.3) is 0 Å². The number of nitrogen functional groups attached to an aromatic ring is 1. The van der Waals surface area contributed by atoms with E-state index in [0.29, 0.717) is 44.4 Å². The van der Waals surface area contributed by atoms with Gasteiger partial charge in [0, 0.05) is 21.8 Å². The number of carbonyl (C=O) groups is 1. The highest BCUT2D eigenvalue weighted by Gasteiger charge is 2.19. The zero-order valence-corrected chi connectivity index (χ0v) is 15.9. The molecule has 134 valence electrons. The van der Waals surface area contributed by atoms with Crippen LogP contribution in [0.4, 0.5) is 11.4 Å². The number of nitrogens with one attached hydrogen (secondary N) is 1. The molecule has 0 saturated heterocycles. The second-order valence-electron chi connectivity index (χ2n) is 4.95. The molecule has 0 spiro atoms. The van der Waals surface area contributed by atoms with Crippen molar-refractivity contribution in [3.63, 3.8) is 0 Å². The zero-order chi connectivity index (χ0) is 18.6.